The third-order valence-electron chi connectivity index (χ3n) is 3.73. The molecule has 0 amide bonds. The Morgan fingerprint density at radius 3 is 2.86 bits per heavy atom. The highest BCUT2D eigenvalue weighted by Crippen LogP contribution is 2.34. The summed E-state index contributed by atoms with van der Waals surface area (Å²) in [7, 11) is -2.35. The summed E-state index contributed by atoms with van der Waals surface area (Å²) in [4.78, 5) is 10.8. The molecule has 0 radical (unpaired) electrons. The van der Waals surface area contributed by atoms with Gasteiger partial charge >= 0.3 is 5.97 Å². The normalized spacial score (nSPS) is 19.3. The Kier molecular flexibility index (Phi) is 5.31. The second-order valence-corrected chi connectivity index (χ2v) is 7.43. The van der Waals surface area contributed by atoms with E-state index >= 15 is 0 Å². The molecule has 6 nitrogen and oxygen atoms in total. The number of halogens is 1. The standard InChI is InChI=1S/C14H18ClNO5S/c1-21-12-9-10(15)4-6-13(12)22(19,20)16-8-2-3-11(16)5-7-14(17)18/h4,6,9,11H,2-3,5,7-8H2,1H3,(H,17,18). The van der Waals surface area contributed by atoms with Crippen molar-refractivity contribution < 1.29 is 23.1 Å². The number of rotatable bonds is 6. The van der Waals surface area contributed by atoms with Gasteiger partial charge in [0.05, 0.1) is 7.11 Å². The summed E-state index contributed by atoms with van der Waals surface area (Å²) in [5.74, 6) is -0.732. The van der Waals surface area contributed by atoms with E-state index in [0.717, 1.165) is 6.42 Å². The molecule has 1 aromatic carbocycles. The average Bonchev–Trinajstić information content (AvgIpc) is 2.93. The van der Waals surface area contributed by atoms with Crippen LogP contribution in [0.1, 0.15) is 25.7 Å². The number of hydrogen-bond donors (Lipinski definition) is 1. The van der Waals surface area contributed by atoms with E-state index in [9.17, 15) is 13.2 Å². The molecular weight excluding hydrogens is 330 g/mol. The van der Waals surface area contributed by atoms with E-state index in [0.29, 0.717) is 24.4 Å². The molecule has 0 saturated carbocycles. The first-order valence-electron chi connectivity index (χ1n) is 6.93. The molecular formula is C14H18ClNO5S. The largest absolute Gasteiger partial charge is 0.495 e. The van der Waals surface area contributed by atoms with Gasteiger partial charge in [0.2, 0.25) is 10.0 Å². The van der Waals surface area contributed by atoms with Gasteiger partial charge in [0, 0.05) is 30.1 Å². The second kappa shape index (κ2) is 6.85. The lowest BCUT2D eigenvalue weighted by Crippen LogP contribution is -2.36. The number of carboxylic acid groups (broad SMARTS) is 1. The molecule has 2 rings (SSSR count). The number of sulfonamides is 1. The number of benzene rings is 1. The van der Waals surface area contributed by atoms with Crippen molar-refractivity contribution in [3.8, 4) is 5.75 Å². The molecule has 0 aliphatic carbocycles. The van der Waals surface area contributed by atoms with Crippen LogP contribution in [0.25, 0.3) is 0 Å². The van der Waals surface area contributed by atoms with Crippen LogP contribution in [0.4, 0.5) is 0 Å². The number of nitrogens with zero attached hydrogens (tertiary/aromatic N) is 1. The van der Waals surface area contributed by atoms with Crippen LogP contribution < -0.4 is 4.74 Å². The summed E-state index contributed by atoms with van der Waals surface area (Å²) in [5.41, 5.74) is 0. The maximum absolute atomic E-state index is 12.8. The van der Waals surface area contributed by atoms with Gasteiger partial charge in [0.1, 0.15) is 10.6 Å². The van der Waals surface area contributed by atoms with E-state index < -0.39 is 16.0 Å². The van der Waals surface area contributed by atoms with Gasteiger partial charge in [-0.05, 0) is 31.4 Å². The first-order chi connectivity index (χ1) is 10.4. The van der Waals surface area contributed by atoms with Crippen molar-refractivity contribution in [2.24, 2.45) is 0 Å². The highest BCUT2D eigenvalue weighted by atomic mass is 35.5. The Morgan fingerprint density at radius 1 is 1.50 bits per heavy atom. The Bertz CT molecular complexity index is 661. The summed E-state index contributed by atoms with van der Waals surface area (Å²) in [6.07, 6.45) is 1.65. The van der Waals surface area contributed by atoms with Crippen molar-refractivity contribution >= 4 is 27.6 Å². The lowest BCUT2D eigenvalue weighted by atomic mass is 10.1. The van der Waals surface area contributed by atoms with Crippen molar-refractivity contribution in [2.75, 3.05) is 13.7 Å². The van der Waals surface area contributed by atoms with E-state index in [1.165, 1.54) is 29.6 Å². The number of aliphatic carboxylic acids is 1. The van der Waals surface area contributed by atoms with Crippen LogP contribution in [-0.2, 0) is 14.8 Å². The molecule has 1 aliphatic rings. The molecule has 8 heteroatoms. The highest BCUT2D eigenvalue weighted by molar-refractivity contribution is 7.89. The zero-order valence-corrected chi connectivity index (χ0v) is 13.7. The van der Waals surface area contributed by atoms with Crippen molar-refractivity contribution in [3.63, 3.8) is 0 Å². The van der Waals surface area contributed by atoms with Gasteiger partial charge in [-0.3, -0.25) is 4.79 Å². The van der Waals surface area contributed by atoms with Crippen molar-refractivity contribution in [1.82, 2.24) is 4.31 Å². The molecule has 1 unspecified atom stereocenters. The Hall–Kier alpha value is -1.31. The summed E-state index contributed by atoms with van der Waals surface area (Å²) in [6, 6.07) is 4.08. The molecule has 1 aliphatic heterocycles. The van der Waals surface area contributed by atoms with Crippen molar-refractivity contribution in [1.29, 1.82) is 0 Å². The van der Waals surface area contributed by atoms with Crippen LogP contribution >= 0.6 is 11.6 Å². The second-order valence-electron chi connectivity index (χ2n) is 5.14. The molecule has 22 heavy (non-hydrogen) atoms. The molecule has 1 heterocycles. The fraction of sp³-hybridized carbons (Fsp3) is 0.500. The summed E-state index contributed by atoms with van der Waals surface area (Å²) in [6.45, 7) is 0.387. The molecule has 1 aromatic rings. The van der Waals surface area contributed by atoms with E-state index in [-0.39, 0.29) is 23.1 Å². The molecule has 0 bridgehead atoms. The number of carbonyl (C=O) groups is 1. The fourth-order valence-corrected chi connectivity index (χ4v) is 4.71. The van der Waals surface area contributed by atoms with E-state index in [1.54, 1.807) is 0 Å². The topological polar surface area (TPSA) is 83.9 Å². The van der Waals surface area contributed by atoms with Gasteiger partial charge in [0.25, 0.3) is 0 Å². The van der Waals surface area contributed by atoms with Crippen molar-refractivity contribution in [3.05, 3.63) is 23.2 Å². The maximum Gasteiger partial charge on any atom is 0.303 e. The van der Waals surface area contributed by atoms with Crippen LogP contribution in [0.5, 0.6) is 5.75 Å². The Balaban J connectivity index is 2.31. The number of hydrogen-bond acceptors (Lipinski definition) is 4. The van der Waals surface area contributed by atoms with Gasteiger partial charge in [0.15, 0.2) is 0 Å². The smallest absolute Gasteiger partial charge is 0.303 e. The third kappa shape index (κ3) is 3.53. The van der Waals surface area contributed by atoms with Crippen LogP contribution in [0.15, 0.2) is 23.1 Å². The summed E-state index contributed by atoms with van der Waals surface area (Å²) >= 11 is 5.86. The average molecular weight is 348 g/mol. The Labute approximate surface area is 134 Å². The van der Waals surface area contributed by atoms with Crippen LogP contribution in [0.2, 0.25) is 5.02 Å². The predicted octanol–water partition coefficient (Wildman–Crippen LogP) is 2.37. The monoisotopic (exact) mass is 347 g/mol. The number of carboxylic acids is 1. The minimum atomic E-state index is -3.74. The van der Waals surface area contributed by atoms with Gasteiger partial charge < -0.3 is 9.84 Å². The zero-order chi connectivity index (χ0) is 16.3. The number of ether oxygens (including phenoxy) is 1. The molecule has 1 fully saturated rings. The van der Waals surface area contributed by atoms with E-state index in [1.807, 2.05) is 0 Å². The van der Waals surface area contributed by atoms with Gasteiger partial charge in [-0.1, -0.05) is 11.6 Å². The molecule has 1 N–H and O–H groups in total. The molecule has 1 saturated heterocycles. The summed E-state index contributed by atoms with van der Waals surface area (Å²) < 4.78 is 32.2. The summed E-state index contributed by atoms with van der Waals surface area (Å²) in [5, 5.41) is 9.18. The molecule has 0 aromatic heterocycles. The lowest BCUT2D eigenvalue weighted by molar-refractivity contribution is -0.137. The van der Waals surface area contributed by atoms with Crippen molar-refractivity contribution in [2.45, 2.75) is 36.6 Å². The van der Waals surface area contributed by atoms with Gasteiger partial charge in [-0.2, -0.15) is 4.31 Å². The van der Waals surface area contributed by atoms with E-state index in [4.69, 9.17) is 21.4 Å². The van der Waals surface area contributed by atoms with E-state index in [2.05, 4.69) is 0 Å². The molecule has 122 valence electrons. The molecule has 0 spiro atoms. The first-order valence-corrected chi connectivity index (χ1v) is 8.75. The lowest BCUT2D eigenvalue weighted by Gasteiger charge is -2.24. The van der Waals surface area contributed by atoms with Crippen LogP contribution in [-0.4, -0.2) is 43.5 Å². The highest BCUT2D eigenvalue weighted by Gasteiger charge is 2.36. The molecule has 1 atom stereocenters. The minimum absolute atomic E-state index is 0.0472. The number of methoxy groups -OCH3 is 1. The fourth-order valence-electron chi connectivity index (χ4n) is 2.69. The SMILES string of the molecule is COc1cc(Cl)ccc1S(=O)(=O)N1CCCC1CCC(=O)O. The maximum atomic E-state index is 12.8. The Morgan fingerprint density at radius 2 is 2.23 bits per heavy atom. The third-order valence-corrected chi connectivity index (χ3v) is 5.95. The van der Waals surface area contributed by atoms with Gasteiger partial charge in [-0.25, -0.2) is 8.42 Å². The predicted molar refractivity (Wildman–Crippen MR) is 81.8 cm³/mol. The zero-order valence-electron chi connectivity index (χ0n) is 12.2. The quantitative estimate of drug-likeness (QED) is 0.854. The minimum Gasteiger partial charge on any atom is -0.495 e. The first kappa shape index (κ1) is 17.1. The van der Waals surface area contributed by atoms with Gasteiger partial charge in [-0.15, -0.1) is 0 Å². The van der Waals surface area contributed by atoms with Crippen LogP contribution in [0.3, 0.4) is 0 Å². The van der Waals surface area contributed by atoms with Crippen LogP contribution in [0, 0.1) is 0 Å².